The van der Waals surface area contributed by atoms with Crippen molar-refractivity contribution in [1.29, 1.82) is 0 Å². The van der Waals surface area contributed by atoms with Crippen LogP contribution in [0.15, 0.2) is 0 Å². The summed E-state index contributed by atoms with van der Waals surface area (Å²) in [7, 11) is 0. The van der Waals surface area contributed by atoms with Gasteiger partial charge >= 0.3 is 12.1 Å². The summed E-state index contributed by atoms with van der Waals surface area (Å²) in [6.07, 6.45) is 1.03. The van der Waals surface area contributed by atoms with Crippen LogP contribution in [0.2, 0.25) is 0 Å². The minimum absolute atomic E-state index is 0.0310. The van der Waals surface area contributed by atoms with Crippen LogP contribution in [0, 0.1) is 5.92 Å². The van der Waals surface area contributed by atoms with Gasteiger partial charge in [-0.2, -0.15) is 9.28 Å². The number of esters is 1. The molecule has 1 saturated heterocycles. The molecule has 160 valence electrons. The van der Waals surface area contributed by atoms with Crippen molar-refractivity contribution >= 4 is 58.2 Å². The van der Waals surface area contributed by atoms with Crippen LogP contribution < -0.4 is 5.73 Å². The largest absolute Gasteiger partial charge is 0.515 e. The normalized spacial score (nSPS) is 26.1. The Bertz CT molecular complexity index is 631. The maximum absolute atomic E-state index is 13.4. The minimum Gasteiger partial charge on any atom is -0.461 e. The number of hydrogen-bond acceptors (Lipinski definition) is 6. The van der Waals surface area contributed by atoms with Crippen molar-refractivity contribution in [3.8, 4) is 0 Å². The van der Waals surface area contributed by atoms with Gasteiger partial charge in [-0.25, -0.2) is 4.79 Å². The van der Waals surface area contributed by atoms with Crippen LogP contribution in [0.1, 0.15) is 46.5 Å². The topological polar surface area (TPSA) is 124 Å². The molecule has 8 nitrogen and oxygen atoms in total. The van der Waals surface area contributed by atoms with Gasteiger partial charge < -0.3 is 15.6 Å². The maximum Gasteiger partial charge on any atom is 0.515 e. The third kappa shape index (κ3) is 4.24. The minimum atomic E-state index is -2.28. The van der Waals surface area contributed by atoms with Crippen LogP contribution in [0.5, 0.6) is 0 Å². The molecular formula is C18H30IN2O6S+. The van der Waals surface area contributed by atoms with Crippen LogP contribution in [-0.2, 0) is 19.1 Å². The van der Waals surface area contributed by atoms with Crippen molar-refractivity contribution in [2.24, 2.45) is 11.7 Å². The first-order chi connectivity index (χ1) is 13.0. The zero-order valence-corrected chi connectivity index (χ0v) is 19.6. The molecule has 0 spiro atoms. The molecule has 0 aliphatic carbocycles. The van der Waals surface area contributed by atoms with Crippen molar-refractivity contribution in [2.75, 3.05) is 17.6 Å². The Balaban J connectivity index is 3.70. The van der Waals surface area contributed by atoms with E-state index >= 15 is 0 Å². The predicted molar refractivity (Wildman–Crippen MR) is 115 cm³/mol. The number of alkyl halides is 1. The lowest BCUT2D eigenvalue weighted by Crippen LogP contribution is -2.80. The molecule has 1 fully saturated rings. The van der Waals surface area contributed by atoms with Crippen molar-refractivity contribution in [3.05, 3.63) is 0 Å². The third-order valence-electron chi connectivity index (χ3n) is 5.71. The third-order valence-corrected chi connectivity index (χ3v) is 6.86. The smallest absolute Gasteiger partial charge is 0.461 e. The summed E-state index contributed by atoms with van der Waals surface area (Å²) in [6.45, 7) is 4.48. The molecule has 3 N–H and O–H groups in total. The summed E-state index contributed by atoms with van der Waals surface area (Å²) >= 11 is 6.05. The van der Waals surface area contributed by atoms with Gasteiger partial charge in [0.2, 0.25) is 5.78 Å². The van der Waals surface area contributed by atoms with Crippen molar-refractivity contribution in [3.63, 3.8) is 0 Å². The van der Waals surface area contributed by atoms with E-state index in [9.17, 15) is 24.3 Å². The zero-order chi connectivity index (χ0) is 21.7. The highest BCUT2D eigenvalue weighted by atomic mass is 127. The summed E-state index contributed by atoms with van der Waals surface area (Å²) in [5.74, 6) is -3.13. The number of carbonyl (C=O) groups is 4. The first-order valence-electron chi connectivity index (χ1n) is 9.39. The molecule has 0 aromatic heterocycles. The quantitative estimate of drug-likeness (QED) is 0.0754. The number of thiol groups is 1. The standard InChI is InChI=1S/C18H29IN2O6S/c1-11-7-6-9-21(11,17(25)26)18(12(2)15(23)28,14(22)13(3)20)16(24)27-10-5-4-8-19/h11-13H,4-10,20H2,1-3H3,(H-,23,25,26,28)/p+1/t11-,12-,13?,18?,21?/m1/s1. The highest BCUT2D eigenvalue weighted by Gasteiger charge is 2.74. The number of likely N-dealkylation sites (tertiary alicyclic amines) is 1. The Morgan fingerprint density at radius 2 is 1.93 bits per heavy atom. The lowest BCUT2D eigenvalue weighted by atomic mass is 9.75. The Labute approximate surface area is 184 Å². The number of rotatable bonds is 10. The molecule has 0 aromatic rings. The highest BCUT2D eigenvalue weighted by Crippen LogP contribution is 2.44. The molecule has 1 heterocycles. The number of carboxylic acid groups (broad SMARTS) is 1. The number of carbonyl (C=O) groups excluding carboxylic acids is 3. The average Bonchev–Trinajstić information content (AvgIpc) is 3.01. The second kappa shape index (κ2) is 10.4. The van der Waals surface area contributed by atoms with Crippen molar-refractivity contribution in [1.82, 2.24) is 0 Å². The number of unbranched alkanes of at least 4 members (excludes halogenated alkanes) is 1. The molecule has 0 saturated carbocycles. The monoisotopic (exact) mass is 529 g/mol. The van der Waals surface area contributed by atoms with Crippen LogP contribution >= 0.6 is 35.2 Å². The van der Waals surface area contributed by atoms with Crippen molar-refractivity contribution in [2.45, 2.75) is 64.1 Å². The van der Waals surface area contributed by atoms with Gasteiger partial charge in [0, 0.05) is 12.8 Å². The number of hydrogen-bond donors (Lipinski definition) is 3. The fourth-order valence-corrected chi connectivity index (χ4v) is 4.96. The van der Waals surface area contributed by atoms with Gasteiger partial charge in [-0.3, -0.25) is 9.59 Å². The Hall–Kier alpha value is -0.720. The van der Waals surface area contributed by atoms with Gasteiger partial charge in [0.25, 0.3) is 5.54 Å². The number of quaternary nitrogens is 1. The van der Waals surface area contributed by atoms with Gasteiger partial charge in [0.05, 0.1) is 31.2 Å². The van der Waals surface area contributed by atoms with E-state index in [1.165, 1.54) is 13.8 Å². The van der Waals surface area contributed by atoms with E-state index in [2.05, 4.69) is 35.2 Å². The van der Waals surface area contributed by atoms with Gasteiger partial charge in [-0.15, -0.1) is 12.6 Å². The molecular weight excluding hydrogens is 499 g/mol. The van der Waals surface area contributed by atoms with E-state index in [1.807, 2.05) is 0 Å². The van der Waals surface area contributed by atoms with Crippen LogP contribution in [-0.4, -0.2) is 67.8 Å². The summed E-state index contributed by atoms with van der Waals surface area (Å²) < 4.78 is 5.39. The van der Waals surface area contributed by atoms with E-state index in [1.54, 1.807) is 6.92 Å². The first kappa shape index (κ1) is 25.3. The summed E-state index contributed by atoms with van der Waals surface area (Å²) in [5, 5.41) is 9.47. The summed E-state index contributed by atoms with van der Waals surface area (Å²) in [4.78, 5) is 51.6. The van der Waals surface area contributed by atoms with E-state index < -0.39 is 51.0 Å². The lowest BCUT2D eigenvalue weighted by molar-refractivity contribution is -0.902. The summed E-state index contributed by atoms with van der Waals surface area (Å²) in [5.41, 5.74) is 3.57. The lowest BCUT2D eigenvalue weighted by Gasteiger charge is -2.48. The van der Waals surface area contributed by atoms with Gasteiger partial charge in [0.15, 0.2) is 5.12 Å². The average molecular weight is 529 g/mol. The molecule has 3 unspecified atom stereocenters. The number of ether oxygens (including phenoxy) is 1. The zero-order valence-electron chi connectivity index (χ0n) is 16.5. The summed E-state index contributed by atoms with van der Waals surface area (Å²) in [6, 6.07) is -1.73. The van der Waals surface area contributed by atoms with E-state index in [4.69, 9.17) is 10.5 Å². The predicted octanol–water partition coefficient (Wildman–Crippen LogP) is 2.17. The van der Waals surface area contributed by atoms with Gasteiger partial charge in [-0.1, -0.05) is 22.6 Å². The Morgan fingerprint density at radius 3 is 2.32 bits per heavy atom. The highest BCUT2D eigenvalue weighted by molar-refractivity contribution is 14.1. The maximum atomic E-state index is 13.4. The molecule has 0 bridgehead atoms. The molecule has 1 aliphatic heterocycles. The molecule has 10 heteroatoms. The van der Waals surface area contributed by atoms with E-state index in [0.29, 0.717) is 19.3 Å². The molecule has 0 radical (unpaired) electrons. The van der Waals surface area contributed by atoms with Crippen molar-refractivity contribution < 1.29 is 33.5 Å². The number of amides is 1. The molecule has 1 rings (SSSR count). The van der Waals surface area contributed by atoms with E-state index in [-0.39, 0.29) is 13.2 Å². The van der Waals surface area contributed by atoms with Crippen LogP contribution in [0.3, 0.4) is 0 Å². The molecule has 0 aromatic carbocycles. The SMILES string of the molecule is CC(N)C(=O)C(C(=O)OCCCCI)([C@H](C)C(=O)S)[N+]1(C(=O)O)CCC[C@H]1C. The first-order valence-corrected chi connectivity index (χ1v) is 11.4. The van der Waals surface area contributed by atoms with Crippen LogP contribution in [0.4, 0.5) is 4.79 Å². The Morgan fingerprint density at radius 1 is 1.32 bits per heavy atom. The second-order valence-electron chi connectivity index (χ2n) is 7.38. The Kier molecular flexibility index (Phi) is 9.36. The second-order valence-corrected chi connectivity index (χ2v) is 8.90. The number of ketones is 1. The molecule has 1 amide bonds. The fraction of sp³-hybridized carbons (Fsp3) is 0.778. The van der Waals surface area contributed by atoms with Crippen LogP contribution in [0.25, 0.3) is 0 Å². The fourth-order valence-electron chi connectivity index (χ4n) is 4.23. The van der Waals surface area contributed by atoms with E-state index in [0.717, 1.165) is 10.8 Å². The number of nitrogens with zero attached hydrogens (tertiary/aromatic N) is 1. The molecule has 5 atom stereocenters. The number of nitrogens with two attached hydrogens (primary N) is 1. The number of Topliss-reactive ketones (excluding diaryl/α,β-unsaturated/α-hetero) is 1. The van der Waals surface area contributed by atoms with Gasteiger partial charge in [0.1, 0.15) is 0 Å². The molecule has 1 aliphatic rings. The molecule has 28 heavy (non-hydrogen) atoms. The number of halogens is 1. The van der Waals surface area contributed by atoms with Gasteiger partial charge in [-0.05, 0) is 38.0 Å².